The lowest BCUT2D eigenvalue weighted by Crippen LogP contribution is -1.86. The summed E-state index contributed by atoms with van der Waals surface area (Å²) >= 11 is 0. The summed E-state index contributed by atoms with van der Waals surface area (Å²) in [7, 11) is 0. The Hall–Kier alpha value is -1.75. The quantitative estimate of drug-likeness (QED) is 0.482. The van der Waals surface area contributed by atoms with E-state index in [4.69, 9.17) is 11.0 Å². The first-order valence-corrected chi connectivity index (χ1v) is 3.25. The Kier molecular flexibility index (Phi) is 2.29. The summed E-state index contributed by atoms with van der Waals surface area (Å²) < 4.78 is 0. The van der Waals surface area contributed by atoms with Crippen molar-refractivity contribution in [2.45, 2.75) is 0 Å². The van der Waals surface area contributed by atoms with Crippen LogP contribution in [0, 0.1) is 11.3 Å². The van der Waals surface area contributed by atoms with Crippen LogP contribution in [-0.2, 0) is 0 Å². The Balaban J connectivity index is 2.97. The molecule has 0 saturated heterocycles. The highest BCUT2D eigenvalue weighted by atomic mass is 14.5. The van der Waals surface area contributed by atoms with Crippen LogP contribution in [0.1, 0.15) is 5.56 Å². The molecule has 0 amide bonds. The Labute approximate surface area is 65.6 Å². The second-order valence-electron chi connectivity index (χ2n) is 2.09. The number of benzene rings is 1. The zero-order chi connectivity index (χ0) is 8.10. The standard InChI is InChI=1S/C9H8N2/c10-7-3-5-8-4-1-2-6-9(8)11/h1-6H,11H2/b5-3-. The molecule has 2 heteroatoms. The van der Waals surface area contributed by atoms with Crippen LogP contribution < -0.4 is 5.73 Å². The fraction of sp³-hybridized carbons (Fsp3) is 0. The van der Waals surface area contributed by atoms with Crippen LogP contribution in [0.15, 0.2) is 30.3 Å². The number of nitrogens with zero attached hydrogens (tertiary/aromatic N) is 1. The maximum Gasteiger partial charge on any atom is 0.0912 e. The summed E-state index contributed by atoms with van der Waals surface area (Å²) in [6, 6.07) is 9.32. The van der Waals surface area contributed by atoms with E-state index < -0.39 is 0 Å². The minimum Gasteiger partial charge on any atom is -0.398 e. The summed E-state index contributed by atoms with van der Waals surface area (Å²) in [5, 5.41) is 8.24. The molecule has 0 bridgehead atoms. The van der Waals surface area contributed by atoms with Crippen molar-refractivity contribution >= 4 is 11.8 Å². The van der Waals surface area contributed by atoms with Crippen molar-refractivity contribution in [1.29, 1.82) is 5.26 Å². The second-order valence-corrected chi connectivity index (χ2v) is 2.09. The van der Waals surface area contributed by atoms with Gasteiger partial charge in [0.1, 0.15) is 0 Å². The summed E-state index contributed by atoms with van der Waals surface area (Å²) in [5.74, 6) is 0. The fourth-order valence-electron chi connectivity index (χ4n) is 0.790. The van der Waals surface area contributed by atoms with Crippen LogP contribution in [0.25, 0.3) is 6.08 Å². The molecule has 2 N–H and O–H groups in total. The molecule has 1 aromatic rings. The molecule has 0 radical (unpaired) electrons. The molecule has 0 aliphatic carbocycles. The molecular formula is C9H8N2. The first kappa shape index (κ1) is 7.36. The van der Waals surface area contributed by atoms with Crippen molar-refractivity contribution in [3.63, 3.8) is 0 Å². The number of para-hydroxylation sites is 1. The number of hydrogen-bond acceptors (Lipinski definition) is 2. The third-order valence-corrected chi connectivity index (χ3v) is 1.33. The van der Waals surface area contributed by atoms with E-state index in [1.807, 2.05) is 24.3 Å². The minimum absolute atomic E-state index is 0.694. The zero-order valence-electron chi connectivity index (χ0n) is 5.99. The Morgan fingerprint density at radius 3 is 2.73 bits per heavy atom. The number of hydrogen-bond donors (Lipinski definition) is 1. The summed E-state index contributed by atoms with van der Waals surface area (Å²) in [6.07, 6.45) is 3.10. The molecule has 0 fully saturated rings. The largest absolute Gasteiger partial charge is 0.398 e. The maximum absolute atomic E-state index is 8.24. The highest BCUT2D eigenvalue weighted by molar-refractivity contribution is 5.65. The molecule has 0 saturated carbocycles. The van der Waals surface area contributed by atoms with E-state index in [1.54, 1.807) is 12.1 Å². The third kappa shape index (κ3) is 1.84. The fourth-order valence-corrected chi connectivity index (χ4v) is 0.790. The van der Waals surface area contributed by atoms with Gasteiger partial charge in [0.25, 0.3) is 0 Å². The van der Waals surface area contributed by atoms with E-state index >= 15 is 0 Å². The van der Waals surface area contributed by atoms with Crippen molar-refractivity contribution in [3.8, 4) is 6.07 Å². The highest BCUT2D eigenvalue weighted by Crippen LogP contribution is 2.11. The molecule has 0 spiro atoms. The number of anilines is 1. The lowest BCUT2D eigenvalue weighted by atomic mass is 10.2. The molecular weight excluding hydrogens is 136 g/mol. The average molecular weight is 144 g/mol. The molecule has 0 aliphatic rings. The van der Waals surface area contributed by atoms with Gasteiger partial charge in [0, 0.05) is 11.8 Å². The molecule has 0 aliphatic heterocycles. The van der Waals surface area contributed by atoms with Gasteiger partial charge in [0.15, 0.2) is 0 Å². The highest BCUT2D eigenvalue weighted by Gasteiger charge is 1.89. The average Bonchev–Trinajstić information content (AvgIpc) is 2.03. The normalized spacial score (nSPS) is 9.73. The first-order valence-electron chi connectivity index (χ1n) is 3.25. The Bertz CT molecular complexity index is 308. The van der Waals surface area contributed by atoms with Crippen LogP contribution in [-0.4, -0.2) is 0 Å². The summed E-state index contributed by atoms with van der Waals surface area (Å²) in [5.41, 5.74) is 7.18. The monoisotopic (exact) mass is 144 g/mol. The van der Waals surface area contributed by atoms with E-state index in [0.717, 1.165) is 5.56 Å². The van der Waals surface area contributed by atoms with E-state index in [2.05, 4.69) is 0 Å². The van der Waals surface area contributed by atoms with E-state index in [0.29, 0.717) is 5.69 Å². The number of allylic oxidation sites excluding steroid dienone is 1. The SMILES string of the molecule is N#C/C=C\c1ccccc1N. The second kappa shape index (κ2) is 3.43. The van der Waals surface area contributed by atoms with Crippen molar-refractivity contribution in [2.24, 2.45) is 0 Å². The van der Waals surface area contributed by atoms with Crippen molar-refractivity contribution in [2.75, 3.05) is 5.73 Å². The van der Waals surface area contributed by atoms with Gasteiger partial charge in [-0.1, -0.05) is 18.2 Å². The van der Waals surface area contributed by atoms with Crippen LogP contribution in [0.3, 0.4) is 0 Å². The minimum atomic E-state index is 0.694. The van der Waals surface area contributed by atoms with Crippen LogP contribution in [0.4, 0.5) is 5.69 Å². The topological polar surface area (TPSA) is 49.8 Å². The number of rotatable bonds is 1. The predicted molar refractivity (Wildman–Crippen MR) is 45.5 cm³/mol. The Morgan fingerprint density at radius 1 is 1.36 bits per heavy atom. The molecule has 2 nitrogen and oxygen atoms in total. The third-order valence-electron chi connectivity index (χ3n) is 1.33. The van der Waals surface area contributed by atoms with Gasteiger partial charge in [-0.05, 0) is 17.7 Å². The van der Waals surface area contributed by atoms with E-state index in [-0.39, 0.29) is 0 Å². The van der Waals surface area contributed by atoms with Crippen LogP contribution in [0.2, 0.25) is 0 Å². The molecule has 1 aromatic carbocycles. The van der Waals surface area contributed by atoms with Gasteiger partial charge in [0.2, 0.25) is 0 Å². The molecule has 1 rings (SSSR count). The molecule has 54 valence electrons. The summed E-state index contributed by atoms with van der Waals surface area (Å²) in [6.45, 7) is 0. The van der Waals surface area contributed by atoms with Gasteiger partial charge in [-0.15, -0.1) is 0 Å². The lowest BCUT2D eigenvalue weighted by Gasteiger charge is -1.95. The number of nitriles is 1. The van der Waals surface area contributed by atoms with Gasteiger partial charge in [0.05, 0.1) is 6.07 Å². The predicted octanol–water partition coefficient (Wildman–Crippen LogP) is 1.81. The van der Waals surface area contributed by atoms with Crippen molar-refractivity contribution < 1.29 is 0 Å². The van der Waals surface area contributed by atoms with Gasteiger partial charge >= 0.3 is 0 Å². The smallest absolute Gasteiger partial charge is 0.0912 e. The maximum atomic E-state index is 8.24. The summed E-state index contributed by atoms with van der Waals surface area (Å²) in [4.78, 5) is 0. The van der Waals surface area contributed by atoms with Crippen molar-refractivity contribution in [1.82, 2.24) is 0 Å². The first-order chi connectivity index (χ1) is 5.34. The van der Waals surface area contributed by atoms with E-state index in [9.17, 15) is 0 Å². The van der Waals surface area contributed by atoms with Gasteiger partial charge in [-0.25, -0.2) is 0 Å². The van der Waals surface area contributed by atoms with Gasteiger partial charge in [-0.2, -0.15) is 5.26 Å². The molecule has 11 heavy (non-hydrogen) atoms. The number of nitrogen functional groups attached to an aromatic ring is 1. The molecule has 0 aromatic heterocycles. The molecule has 0 unspecified atom stereocenters. The van der Waals surface area contributed by atoms with E-state index in [1.165, 1.54) is 6.08 Å². The van der Waals surface area contributed by atoms with Crippen LogP contribution in [0.5, 0.6) is 0 Å². The van der Waals surface area contributed by atoms with Crippen molar-refractivity contribution in [3.05, 3.63) is 35.9 Å². The van der Waals surface area contributed by atoms with Gasteiger partial charge in [-0.3, -0.25) is 0 Å². The van der Waals surface area contributed by atoms with Crippen LogP contribution >= 0.6 is 0 Å². The lowest BCUT2D eigenvalue weighted by molar-refractivity contribution is 1.54. The number of nitrogens with two attached hydrogens (primary N) is 1. The van der Waals surface area contributed by atoms with Gasteiger partial charge < -0.3 is 5.73 Å². The zero-order valence-corrected chi connectivity index (χ0v) is 5.99. The molecule has 0 heterocycles. The molecule has 0 atom stereocenters. The Morgan fingerprint density at radius 2 is 2.09 bits per heavy atom.